The zero-order valence-corrected chi connectivity index (χ0v) is 13.6. The number of amides is 1. The maximum Gasteiger partial charge on any atom is 0.416 e. The van der Waals surface area contributed by atoms with Gasteiger partial charge in [0, 0.05) is 11.3 Å². The molecule has 0 atom stereocenters. The van der Waals surface area contributed by atoms with Crippen LogP contribution in [0, 0.1) is 0 Å². The predicted molar refractivity (Wildman–Crippen MR) is 86.8 cm³/mol. The van der Waals surface area contributed by atoms with Crippen LogP contribution >= 0.6 is 0 Å². The summed E-state index contributed by atoms with van der Waals surface area (Å²) in [5, 5.41) is 2.43. The number of carbonyl (C=O) groups is 3. The summed E-state index contributed by atoms with van der Waals surface area (Å²) in [6.07, 6.45) is -4.59. The number of esters is 1. The van der Waals surface area contributed by atoms with Gasteiger partial charge >= 0.3 is 12.1 Å². The van der Waals surface area contributed by atoms with Gasteiger partial charge in [-0.1, -0.05) is 18.2 Å². The first-order chi connectivity index (χ1) is 12.2. The zero-order valence-electron chi connectivity index (χ0n) is 13.6. The number of Topliss-reactive ketones (excluding diaryl/α,β-unsaturated/α-hetero) is 1. The molecule has 0 bridgehead atoms. The average molecular weight is 365 g/mol. The van der Waals surface area contributed by atoms with E-state index >= 15 is 0 Å². The highest BCUT2D eigenvalue weighted by molar-refractivity contribution is 5.98. The van der Waals surface area contributed by atoms with Crippen molar-refractivity contribution in [2.45, 2.75) is 13.1 Å². The van der Waals surface area contributed by atoms with E-state index in [1.54, 1.807) is 18.2 Å². The summed E-state index contributed by atoms with van der Waals surface area (Å²) in [4.78, 5) is 34.9. The molecule has 0 aromatic heterocycles. The van der Waals surface area contributed by atoms with Gasteiger partial charge in [-0.15, -0.1) is 0 Å². The number of nitrogens with one attached hydrogen (secondary N) is 1. The van der Waals surface area contributed by atoms with Crippen LogP contribution < -0.4 is 5.32 Å². The summed E-state index contributed by atoms with van der Waals surface area (Å²) < 4.78 is 42.6. The minimum absolute atomic E-state index is 0.183. The molecule has 0 aliphatic carbocycles. The molecule has 1 amide bonds. The SMILES string of the molecule is CC(=O)c1cccc(NC(=O)COC(=O)c2cccc(C(F)(F)F)c2)c1. The standard InChI is InChI=1S/C18H14F3NO4/c1-11(23)12-4-3-7-15(9-12)22-16(24)10-26-17(25)13-5-2-6-14(8-13)18(19,20)21/h2-9H,10H2,1H3,(H,22,24). The first-order valence-corrected chi connectivity index (χ1v) is 7.42. The number of ether oxygens (including phenoxy) is 1. The van der Waals surface area contributed by atoms with Crippen molar-refractivity contribution < 1.29 is 32.3 Å². The van der Waals surface area contributed by atoms with Gasteiger partial charge in [0.2, 0.25) is 0 Å². The highest BCUT2D eigenvalue weighted by atomic mass is 19.4. The molecule has 0 aliphatic rings. The van der Waals surface area contributed by atoms with Crippen molar-refractivity contribution in [1.82, 2.24) is 0 Å². The Morgan fingerprint density at radius 1 is 1.00 bits per heavy atom. The lowest BCUT2D eigenvalue weighted by atomic mass is 10.1. The van der Waals surface area contributed by atoms with Gasteiger partial charge in [-0.25, -0.2) is 4.79 Å². The van der Waals surface area contributed by atoms with Gasteiger partial charge in [0.15, 0.2) is 12.4 Å². The molecule has 0 heterocycles. The Kier molecular flexibility index (Phi) is 5.76. The van der Waals surface area contributed by atoms with E-state index < -0.39 is 30.2 Å². The van der Waals surface area contributed by atoms with Crippen molar-refractivity contribution in [1.29, 1.82) is 0 Å². The van der Waals surface area contributed by atoms with Crippen molar-refractivity contribution in [2.75, 3.05) is 11.9 Å². The number of hydrogen-bond acceptors (Lipinski definition) is 4. The lowest BCUT2D eigenvalue weighted by Gasteiger charge is -2.09. The number of halogens is 3. The average Bonchev–Trinajstić information content (AvgIpc) is 2.59. The Balaban J connectivity index is 1.96. The Bertz CT molecular complexity index is 846. The maximum absolute atomic E-state index is 12.6. The molecule has 0 radical (unpaired) electrons. The molecule has 2 aromatic rings. The van der Waals surface area contributed by atoms with Crippen LogP contribution in [-0.4, -0.2) is 24.3 Å². The fourth-order valence-electron chi connectivity index (χ4n) is 2.05. The summed E-state index contributed by atoms with van der Waals surface area (Å²) in [6, 6.07) is 9.85. The zero-order chi connectivity index (χ0) is 19.3. The summed E-state index contributed by atoms with van der Waals surface area (Å²) in [7, 11) is 0. The molecule has 2 rings (SSSR count). The molecule has 2 aromatic carbocycles. The number of rotatable bonds is 5. The molecule has 0 aliphatic heterocycles. The molecule has 0 spiro atoms. The van der Waals surface area contributed by atoms with E-state index in [-0.39, 0.29) is 11.3 Å². The third kappa shape index (κ3) is 5.17. The third-order valence-corrected chi connectivity index (χ3v) is 3.31. The van der Waals surface area contributed by atoms with Crippen molar-refractivity contribution in [3.63, 3.8) is 0 Å². The minimum atomic E-state index is -4.59. The lowest BCUT2D eigenvalue weighted by Crippen LogP contribution is -2.21. The number of carbonyl (C=O) groups excluding carboxylic acids is 3. The molecule has 0 saturated heterocycles. The van der Waals surface area contributed by atoms with E-state index in [0.29, 0.717) is 17.3 Å². The summed E-state index contributed by atoms with van der Waals surface area (Å²) in [5.41, 5.74) is -0.578. The number of ketones is 1. The quantitative estimate of drug-likeness (QED) is 0.648. The summed E-state index contributed by atoms with van der Waals surface area (Å²) in [5.74, 6) is -1.92. The molecule has 8 heteroatoms. The molecule has 0 saturated carbocycles. The van der Waals surface area contributed by atoms with Crippen molar-refractivity contribution >= 4 is 23.3 Å². The molecular formula is C18H14F3NO4. The van der Waals surface area contributed by atoms with Gasteiger partial charge in [-0.2, -0.15) is 13.2 Å². The Morgan fingerprint density at radius 2 is 1.65 bits per heavy atom. The summed E-state index contributed by atoms with van der Waals surface area (Å²) >= 11 is 0. The smallest absolute Gasteiger partial charge is 0.416 e. The highest BCUT2D eigenvalue weighted by Crippen LogP contribution is 2.29. The third-order valence-electron chi connectivity index (χ3n) is 3.31. The molecule has 0 unspecified atom stereocenters. The van der Waals surface area contributed by atoms with E-state index in [2.05, 4.69) is 5.32 Å². The van der Waals surface area contributed by atoms with Crippen molar-refractivity contribution in [2.24, 2.45) is 0 Å². The Labute approximate surface area is 146 Å². The van der Waals surface area contributed by atoms with Crippen molar-refractivity contribution in [3.8, 4) is 0 Å². The second-order valence-corrected chi connectivity index (χ2v) is 5.34. The largest absolute Gasteiger partial charge is 0.452 e. The number of alkyl halides is 3. The van der Waals surface area contributed by atoms with Crippen LogP contribution in [-0.2, 0) is 15.7 Å². The Hall–Kier alpha value is -3.16. The lowest BCUT2D eigenvalue weighted by molar-refractivity contribution is -0.137. The Morgan fingerprint density at radius 3 is 2.31 bits per heavy atom. The fraction of sp³-hybridized carbons (Fsp3) is 0.167. The van der Waals surface area contributed by atoms with Crippen LogP contribution in [0.4, 0.5) is 18.9 Å². The van der Waals surface area contributed by atoms with Gasteiger partial charge < -0.3 is 10.1 Å². The predicted octanol–water partition coefficient (Wildman–Crippen LogP) is 3.70. The van der Waals surface area contributed by atoms with E-state index in [4.69, 9.17) is 4.74 Å². The van der Waals surface area contributed by atoms with Crippen molar-refractivity contribution in [3.05, 3.63) is 65.2 Å². The van der Waals surface area contributed by atoms with Gasteiger partial charge in [-0.05, 0) is 37.3 Å². The molecule has 26 heavy (non-hydrogen) atoms. The molecule has 0 fully saturated rings. The summed E-state index contributed by atoms with van der Waals surface area (Å²) in [6.45, 7) is 0.692. The van der Waals surface area contributed by atoms with E-state index in [1.165, 1.54) is 13.0 Å². The van der Waals surface area contributed by atoms with E-state index in [0.717, 1.165) is 18.2 Å². The topological polar surface area (TPSA) is 72.5 Å². The van der Waals surface area contributed by atoms with Crippen LogP contribution in [0.1, 0.15) is 33.2 Å². The molecular weight excluding hydrogens is 351 g/mol. The molecule has 5 nitrogen and oxygen atoms in total. The van der Waals surface area contributed by atoms with Gasteiger partial charge in [0.05, 0.1) is 11.1 Å². The van der Waals surface area contributed by atoms with E-state index in [9.17, 15) is 27.6 Å². The molecule has 136 valence electrons. The van der Waals surface area contributed by atoms with Crippen LogP contribution in [0.2, 0.25) is 0 Å². The maximum atomic E-state index is 12.6. The van der Waals surface area contributed by atoms with Crippen LogP contribution in [0.3, 0.4) is 0 Å². The highest BCUT2D eigenvalue weighted by Gasteiger charge is 2.31. The number of hydrogen-bond donors (Lipinski definition) is 1. The van der Waals surface area contributed by atoms with Crippen LogP contribution in [0.5, 0.6) is 0 Å². The van der Waals surface area contributed by atoms with Gasteiger partial charge in [0.25, 0.3) is 5.91 Å². The first-order valence-electron chi connectivity index (χ1n) is 7.42. The van der Waals surface area contributed by atoms with Crippen LogP contribution in [0.15, 0.2) is 48.5 Å². The number of anilines is 1. The van der Waals surface area contributed by atoms with Gasteiger partial charge in [-0.3, -0.25) is 9.59 Å². The second kappa shape index (κ2) is 7.81. The normalized spacial score (nSPS) is 10.9. The monoisotopic (exact) mass is 365 g/mol. The van der Waals surface area contributed by atoms with Gasteiger partial charge in [0.1, 0.15) is 0 Å². The van der Waals surface area contributed by atoms with Crippen LogP contribution in [0.25, 0.3) is 0 Å². The first kappa shape index (κ1) is 19.2. The molecule has 1 N–H and O–H groups in total. The minimum Gasteiger partial charge on any atom is -0.452 e. The fourth-order valence-corrected chi connectivity index (χ4v) is 2.05. The van der Waals surface area contributed by atoms with E-state index in [1.807, 2.05) is 0 Å². The second-order valence-electron chi connectivity index (χ2n) is 5.34. The number of benzene rings is 2.